The van der Waals surface area contributed by atoms with Gasteiger partial charge in [-0.05, 0) is 24.3 Å². The normalized spacial score (nSPS) is 16.2. The molecule has 1 atom stereocenters. The van der Waals surface area contributed by atoms with E-state index < -0.39 is 34.5 Å². The number of alkyl halides is 3. The molecule has 0 aliphatic carbocycles. The topological polar surface area (TPSA) is 68.5 Å². The highest BCUT2D eigenvalue weighted by Crippen LogP contribution is 2.41. The Labute approximate surface area is 143 Å². The second kappa shape index (κ2) is 5.98. The van der Waals surface area contributed by atoms with Crippen LogP contribution in [0.25, 0.3) is 0 Å². The van der Waals surface area contributed by atoms with Gasteiger partial charge in [0, 0.05) is 6.07 Å². The summed E-state index contributed by atoms with van der Waals surface area (Å²) < 4.78 is 57.1. The second-order valence-corrected chi connectivity index (χ2v) is 5.48. The summed E-state index contributed by atoms with van der Waals surface area (Å²) in [7, 11) is 0. The first-order valence-corrected chi connectivity index (χ1v) is 7.11. The second-order valence-electron chi connectivity index (χ2n) is 5.07. The lowest BCUT2D eigenvalue weighted by atomic mass is 10.2. The number of anilines is 2. The minimum atomic E-state index is -4.74. The molecule has 130 valence electrons. The molecule has 2 N–H and O–H groups in total. The molecule has 0 saturated heterocycles. The maximum atomic E-state index is 14.0. The Kier molecular flexibility index (Phi) is 4.10. The molecule has 0 aromatic heterocycles. The number of benzene rings is 2. The van der Waals surface area contributed by atoms with Crippen LogP contribution in [0.1, 0.15) is 5.56 Å². The van der Waals surface area contributed by atoms with Crippen LogP contribution in [-0.4, -0.2) is 11.4 Å². The Morgan fingerprint density at radius 1 is 1.28 bits per heavy atom. The van der Waals surface area contributed by atoms with E-state index in [1.807, 2.05) is 0 Å². The molecule has 25 heavy (non-hydrogen) atoms. The number of nitrogens with one attached hydrogen (secondary N) is 1. The van der Waals surface area contributed by atoms with Crippen LogP contribution in [0.15, 0.2) is 30.3 Å². The maximum Gasteiger partial charge on any atom is 0.416 e. The van der Waals surface area contributed by atoms with Gasteiger partial charge in [-0.2, -0.15) is 18.4 Å². The van der Waals surface area contributed by atoms with E-state index in [1.54, 1.807) is 6.07 Å². The standard InChI is InChI=1S/C15H8ClF4N3O2/c16-9-3-7(15(18,19)20)4-10(17)14(9)25-8-1-2-11-12(5-8)23(24)13(6-21)22-11/h1-5,13,22,24H. The van der Waals surface area contributed by atoms with Crippen LogP contribution < -0.4 is 15.1 Å². The molecule has 0 saturated carbocycles. The average Bonchev–Trinajstić information content (AvgIpc) is 2.86. The summed E-state index contributed by atoms with van der Waals surface area (Å²) in [6, 6.07) is 6.76. The zero-order chi connectivity index (χ0) is 18.4. The van der Waals surface area contributed by atoms with Crippen molar-refractivity contribution in [2.45, 2.75) is 12.3 Å². The number of halogens is 5. The van der Waals surface area contributed by atoms with Crippen LogP contribution in [0.4, 0.5) is 28.9 Å². The molecule has 0 spiro atoms. The predicted octanol–water partition coefficient (Wildman–Crippen LogP) is 4.76. The Morgan fingerprint density at radius 3 is 2.60 bits per heavy atom. The summed E-state index contributed by atoms with van der Waals surface area (Å²) in [5.74, 6) is -1.85. The maximum absolute atomic E-state index is 14.0. The van der Waals surface area contributed by atoms with Gasteiger partial charge in [0.15, 0.2) is 11.6 Å². The highest BCUT2D eigenvalue weighted by molar-refractivity contribution is 6.32. The van der Waals surface area contributed by atoms with Gasteiger partial charge in [0.25, 0.3) is 0 Å². The Balaban J connectivity index is 1.92. The van der Waals surface area contributed by atoms with E-state index in [4.69, 9.17) is 21.6 Å². The summed E-state index contributed by atoms with van der Waals surface area (Å²) in [6.45, 7) is 0. The van der Waals surface area contributed by atoms with Gasteiger partial charge in [0.05, 0.1) is 22.0 Å². The van der Waals surface area contributed by atoms with Crippen molar-refractivity contribution in [3.8, 4) is 17.6 Å². The van der Waals surface area contributed by atoms with Gasteiger partial charge in [-0.3, -0.25) is 5.21 Å². The third-order valence-corrected chi connectivity index (χ3v) is 3.70. The van der Waals surface area contributed by atoms with E-state index in [1.165, 1.54) is 18.2 Å². The predicted molar refractivity (Wildman–Crippen MR) is 80.2 cm³/mol. The van der Waals surface area contributed by atoms with E-state index in [-0.39, 0.29) is 17.5 Å². The molecule has 1 unspecified atom stereocenters. The van der Waals surface area contributed by atoms with Crippen molar-refractivity contribution in [1.29, 1.82) is 5.26 Å². The van der Waals surface area contributed by atoms with Crippen LogP contribution in [-0.2, 0) is 6.18 Å². The monoisotopic (exact) mass is 373 g/mol. The molecule has 1 heterocycles. The van der Waals surface area contributed by atoms with E-state index in [2.05, 4.69) is 5.32 Å². The summed E-state index contributed by atoms with van der Waals surface area (Å²) >= 11 is 5.70. The number of hydroxylamine groups is 1. The molecule has 1 aliphatic rings. The quantitative estimate of drug-likeness (QED) is 0.743. The van der Waals surface area contributed by atoms with Crippen molar-refractivity contribution in [2.75, 3.05) is 10.4 Å². The van der Waals surface area contributed by atoms with E-state index in [0.29, 0.717) is 16.8 Å². The van der Waals surface area contributed by atoms with Crippen LogP contribution in [0.3, 0.4) is 0 Å². The third kappa shape index (κ3) is 3.14. The van der Waals surface area contributed by atoms with Crippen LogP contribution in [0, 0.1) is 17.1 Å². The van der Waals surface area contributed by atoms with Crippen molar-refractivity contribution < 1.29 is 27.5 Å². The first-order valence-electron chi connectivity index (χ1n) is 6.73. The van der Waals surface area contributed by atoms with Crippen LogP contribution in [0.5, 0.6) is 11.5 Å². The van der Waals surface area contributed by atoms with E-state index in [0.717, 1.165) is 0 Å². The van der Waals surface area contributed by atoms with Gasteiger partial charge in [0.1, 0.15) is 11.8 Å². The Hall–Kier alpha value is -2.70. The fourth-order valence-corrected chi connectivity index (χ4v) is 2.51. The Morgan fingerprint density at radius 2 is 2.00 bits per heavy atom. The van der Waals surface area contributed by atoms with Gasteiger partial charge in [0.2, 0.25) is 6.17 Å². The molecule has 0 radical (unpaired) electrons. The van der Waals surface area contributed by atoms with Crippen molar-refractivity contribution in [3.05, 3.63) is 46.7 Å². The van der Waals surface area contributed by atoms with Crippen LogP contribution in [0.2, 0.25) is 5.02 Å². The highest BCUT2D eigenvalue weighted by atomic mass is 35.5. The van der Waals surface area contributed by atoms with Gasteiger partial charge < -0.3 is 10.1 Å². The van der Waals surface area contributed by atoms with Gasteiger partial charge in [-0.1, -0.05) is 11.6 Å². The number of nitriles is 1. The van der Waals surface area contributed by atoms with Crippen molar-refractivity contribution in [3.63, 3.8) is 0 Å². The van der Waals surface area contributed by atoms with Gasteiger partial charge in [-0.25, -0.2) is 9.45 Å². The zero-order valence-electron chi connectivity index (χ0n) is 12.1. The summed E-state index contributed by atoms with van der Waals surface area (Å²) in [4.78, 5) is 0. The minimum Gasteiger partial charge on any atom is -0.453 e. The lowest BCUT2D eigenvalue weighted by molar-refractivity contribution is -0.137. The zero-order valence-corrected chi connectivity index (χ0v) is 12.9. The van der Waals surface area contributed by atoms with Gasteiger partial charge in [-0.15, -0.1) is 0 Å². The number of hydrogen-bond donors (Lipinski definition) is 2. The van der Waals surface area contributed by atoms with Crippen molar-refractivity contribution in [2.24, 2.45) is 0 Å². The number of ether oxygens (including phenoxy) is 1. The fraction of sp³-hybridized carbons (Fsp3) is 0.133. The smallest absolute Gasteiger partial charge is 0.416 e. The summed E-state index contributed by atoms with van der Waals surface area (Å²) in [5, 5.41) is 21.5. The first kappa shape index (κ1) is 17.1. The fourth-order valence-electron chi connectivity index (χ4n) is 2.26. The van der Waals surface area contributed by atoms with E-state index >= 15 is 0 Å². The molecule has 2 aromatic carbocycles. The number of hydrogen-bond acceptors (Lipinski definition) is 5. The lowest BCUT2D eigenvalue weighted by Crippen LogP contribution is -2.30. The molecule has 0 amide bonds. The van der Waals surface area contributed by atoms with Gasteiger partial charge >= 0.3 is 6.18 Å². The third-order valence-electron chi connectivity index (χ3n) is 3.42. The molecule has 0 bridgehead atoms. The molecule has 0 fully saturated rings. The lowest BCUT2D eigenvalue weighted by Gasteiger charge is -2.14. The Bertz CT molecular complexity index is 859. The molecule has 10 heteroatoms. The number of nitrogens with zero attached hydrogens (tertiary/aromatic N) is 2. The van der Waals surface area contributed by atoms with E-state index in [9.17, 15) is 22.8 Å². The number of fused-ring (bicyclic) bond motifs is 1. The molecule has 2 aromatic rings. The highest BCUT2D eigenvalue weighted by Gasteiger charge is 2.33. The summed E-state index contributed by atoms with van der Waals surface area (Å²) in [5.41, 5.74) is -0.619. The molecular formula is C15H8ClF4N3O2. The number of rotatable bonds is 2. The first-order chi connectivity index (χ1) is 11.7. The minimum absolute atomic E-state index is 0.0127. The summed E-state index contributed by atoms with van der Waals surface area (Å²) in [6.07, 6.45) is -5.75. The average molecular weight is 374 g/mol. The molecule has 1 aliphatic heterocycles. The van der Waals surface area contributed by atoms with Crippen LogP contribution >= 0.6 is 11.6 Å². The molecule has 3 rings (SSSR count). The molecular weight excluding hydrogens is 366 g/mol. The largest absolute Gasteiger partial charge is 0.453 e. The van der Waals surface area contributed by atoms with Crippen molar-refractivity contribution >= 4 is 23.0 Å². The SMILES string of the molecule is N#CC1Nc2ccc(Oc3c(F)cc(C(F)(F)F)cc3Cl)cc2N1O. The van der Waals surface area contributed by atoms with Crippen molar-refractivity contribution in [1.82, 2.24) is 0 Å². The molecule has 5 nitrogen and oxygen atoms in total.